The first-order valence-electron chi connectivity index (χ1n) is 9.37. The van der Waals surface area contributed by atoms with Gasteiger partial charge in [-0.15, -0.1) is 11.3 Å². The van der Waals surface area contributed by atoms with Gasteiger partial charge in [0.15, 0.2) is 5.78 Å². The molecule has 0 saturated carbocycles. The number of benzene rings is 1. The van der Waals surface area contributed by atoms with Crippen LogP contribution in [-0.4, -0.2) is 23.1 Å². The molecule has 2 rings (SSSR count). The molecule has 0 amide bonds. The van der Waals surface area contributed by atoms with Gasteiger partial charge >= 0.3 is 12.4 Å². The molecule has 0 bridgehead atoms. The second kappa shape index (κ2) is 10.2. The van der Waals surface area contributed by atoms with Crippen LogP contribution in [0.15, 0.2) is 36.5 Å². The highest BCUT2D eigenvalue weighted by molar-refractivity contribution is 7.12. The molecule has 0 N–H and O–H groups in total. The Morgan fingerprint density at radius 2 is 1.63 bits per heavy atom. The number of ketones is 1. The average Bonchev–Trinajstić information content (AvgIpc) is 3.09. The highest BCUT2D eigenvalue weighted by atomic mass is 32.1. The Morgan fingerprint density at radius 3 is 2.23 bits per heavy atom. The Balaban J connectivity index is 2.01. The van der Waals surface area contributed by atoms with Crippen molar-refractivity contribution in [2.45, 2.75) is 57.8 Å². The third kappa shape index (κ3) is 7.93. The maximum Gasteiger partial charge on any atom is 0.419 e. The molecular formula is C21H21F6NOS. The summed E-state index contributed by atoms with van der Waals surface area (Å²) in [5.41, 5.74) is -0.0676. The summed E-state index contributed by atoms with van der Waals surface area (Å²) in [5.74, 6) is -0.760. The lowest BCUT2D eigenvalue weighted by Gasteiger charge is -2.09. The van der Waals surface area contributed by atoms with Gasteiger partial charge in [-0.05, 0) is 26.2 Å². The molecule has 0 saturated heterocycles. The van der Waals surface area contributed by atoms with Crippen LogP contribution in [0.1, 0.15) is 57.9 Å². The third-order valence-electron chi connectivity index (χ3n) is 4.33. The fourth-order valence-electron chi connectivity index (χ4n) is 2.72. The van der Waals surface area contributed by atoms with Crippen molar-refractivity contribution in [1.29, 1.82) is 0 Å². The van der Waals surface area contributed by atoms with E-state index < -0.39 is 30.1 Å². The molecule has 0 unspecified atom stereocenters. The number of rotatable bonds is 9. The van der Waals surface area contributed by atoms with Crippen molar-refractivity contribution in [1.82, 2.24) is 4.98 Å². The van der Waals surface area contributed by atoms with Gasteiger partial charge in [0.05, 0.1) is 5.57 Å². The molecule has 0 aliphatic rings. The number of nitrogens with zero attached hydrogens (tertiary/aromatic N) is 1. The molecule has 0 aliphatic carbocycles. The summed E-state index contributed by atoms with van der Waals surface area (Å²) in [6.07, 6.45) is -5.85. The zero-order valence-electron chi connectivity index (χ0n) is 16.2. The molecule has 0 aliphatic heterocycles. The summed E-state index contributed by atoms with van der Waals surface area (Å²) in [7, 11) is 0. The van der Waals surface area contributed by atoms with Gasteiger partial charge in [0.2, 0.25) is 0 Å². The van der Waals surface area contributed by atoms with Gasteiger partial charge in [-0.2, -0.15) is 26.3 Å². The van der Waals surface area contributed by atoms with E-state index in [1.807, 2.05) is 0 Å². The van der Waals surface area contributed by atoms with Crippen molar-refractivity contribution in [3.8, 4) is 0 Å². The maximum absolute atomic E-state index is 13.5. The van der Waals surface area contributed by atoms with Crippen molar-refractivity contribution >= 4 is 22.7 Å². The van der Waals surface area contributed by atoms with E-state index in [4.69, 9.17) is 0 Å². The Morgan fingerprint density at radius 1 is 1.00 bits per heavy atom. The minimum Gasteiger partial charge on any atom is -0.289 e. The molecule has 2 nitrogen and oxygen atoms in total. The fraction of sp³-hybridized carbons (Fsp3) is 0.429. The van der Waals surface area contributed by atoms with E-state index in [0.717, 1.165) is 16.9 Å². The van der Waals surface area contributed by atoms with Gasteiger partial charge in [-0.3, -0.25) is 4.79 Å². The zero-order valence-corrected chi connectivity index (χ0v) is 17.1. The number of aromatic nitrogens is 1. The molecule has 0 fully saturated rings. The van der Waals surface area contributed by atoms with Crippen molar-refractivity contribution in [2.75, 3.05) is 0 Å². The van der Waals surface area contributed by atoms with Crippen molar-refractivity contribution in [3.63, 3.8) is 0 Å². The predicted molar refractivity (Wildman–Crippen MR) is 104 cm³/mol. The molecule has 0 atom stereocenters. The maximum atomic E-state index is 13.5. The van der Waals surface area contributed by atoms with Crippen LogP contribution in [-0.2, 0) is 6.42 Å². The second-order valence-corrected chi connectivity index (χ2v) is 8.06. The van der Waals surface area contributed by atoms with E-state index in [9.17, 15) is 31.1 Å². The number of hydrogen-bond donors (Lipinski definition) is 0. The summed E-state index contributed by atoms with van der Waals surface area (Å²) in [6, 6.07) is 6.22. The Kier molecular flexibility index (Phi) is 8.23. The van der Waals surface area contributed by atoms with Crippen LogP contribution >= 0.6 is 11.3 Å². The first-order valence-corrected chi connectivity index (χ1v) is 10.2. The number of halogens is 6. The predicted octanol–water partition coefficient (Wildman–Crippen LogP) is 7.34. The van der Waals surface area contributed by atoms with E-state index in [2.05, 4.69) is 4.98 Å². The smallest absolute Gasteiger partial charge is 0.289 e. The van der Waals surface area contributed by atoms with Crippen molar-refractivity contribution < 1.29 is 31.1 Å². The van der Waals surface area contributed by atoms with Crippen LogP contribution in [0.2, 0.25) is 0 Å². The van der Waals surface area contributed by atoms with Gasteiger partial charge in [0.25, 0.3) is 0 Å². The average molecular weight is 449 g/mol. The van der Waals surface area contributed by atoms with Gasteiger partial charge in [0, 0.05) is 29.1 Å². The van der Waals surface area contributed by atoms with E-state index in [1.165, 1.54) is 18.3 Å². The first-order chi connectivity index (χ1) is 14.0. The molecule has 1 aromatic heterocycles. The fourth-order valence-corrected chi connectivity index (χ4v) is 3.71. The SMILES string of the molecule is Cc1ccc(C(=O)/C=C(\c2ncc(CCCCCCC(F)(F)F)s2)C(F)(F)F)cc1. The van der Waals surface area contributed by atoms with Gasteiger partial charge < -0.3 is 0 Å². The quantitative estimate of drug-likeness (QED) is 0.174. The van der Waals surface area contributed by atoms with Crippen LogP contribution in [0.3, 0.4) is 0 Å². The molecule has 0 radical (unpaired) electrons. The molecular weight excluding hydrogens is 428 g/mol. The van der Waals surface area contributed by atoms with Crippen LogP contribution in [0, 0.1) is 6.92 Å². The lowest BCUT2D eigenvalue weighted by molar-refractivity contribution is -0.135. The number of carbonyl (C=O) groups is 1. The molecule has 164 valence electrons. The van der Waals surface area contributed by atoms with Crippen LogP contribution in [0.4, 0.5) is 26.3 Å². The molecule has 1 heterocycles. The van der Waals surface area contributed by atoms with Gasteiger partial charge in [-0.25, -0.2) is 4.98 Å². The Labute approximate surface area is 174 Å². The number of unbranched alkanes of at least 4 members (excludes halogenated alkanes) is 3. The lowest BCUT2D eigenvalue weighted by atomic mass is 10.1. The highest BCUT2D eigenvalue weighted by Gasteiger charge is 2.37. The topological polar surface area (TPSA) is 30.0 Å². The normalized spacial score (nSPS) is 13.0. The van der Waals surface area contributed by atoms with E-state index >= 15 is 0 Å². The summed E-state index contributed by atoms with van der Waals surface area (Å²) in [6.45, 7) is 1.80. The van der Waals surface area contributed by atoms with Crippen molar-refractivity contribution in [3.05, 3.63) is 57.6 Å². The van der Waals surface area contributed by atoms with Crippen LogP contribution < -0.4 is 0 Å². The minimum absolute atomic E-state index is 0.0412. The summed E-state index contributed by atoms with van der Waals surface area (Å²) >= 11 is 0.844. The summed E-state index contributed by atoms with van der Waals surface area (Å²) < 4.78 is 76.8. The Bertz CT molecular complexity index is 865. The van der Waals surface area contributed by atoms with Crippen LogP contribution in [0.5, 0.6) is 0 Å². The lowest BCUT2D eigenvalue weighted by Crippen LogP contribution is -2.12. The first kappa shape index (κ1) is 24.1. The van der Waals surface area contributed by atoms with Crippen LogP contribution in [0.25, 0.3) is 5.57 Å². The second-order valence-electron chi connectivity index (χ2n) is 6.95. The standard InChI is InChI=1S/C21H21F6NOS/c1-14-7-9-15(10-8-14)18(29)12-17(21(25,26)27)19-28-13-16(30-19)6-4-2-3-5-11-20(22,23)24/h7-10,12-13H,2-6,11H2,1H3/b17-12+. The number of aryl methyl sites for hydroxylation is 2. The van der Waals surface area contributed by atoms with E-state index in [0.29, 0.717) is 36.6 Å². The molecule has 1 aromatic carbocycles. The third-order valence-corrected chi connectivity index (χ3v) is 5.42. The van der Waals surface area contributed by atoms with E-state index in [1.54, 1.807) is 19.1 Å². The van der Waals surface area contributed by atoms with E-state index in [-0.39, 0.29) is 17.0 Å². The number of carbonyl (C=O) groups excluding carboxylic acids is 1. The zero-order chi connectivity index (χ0) is 22.4. The Hall–Kier alpha value is -2.16. The molecule has 2 aromatic rings. The van der Waals surface area contributed by atoms with Gasteiger partial charge in [-0.1, -0.05) is 42.7 Å². The summed E-state index contributed by atoms with van der Waals surface area (Å²) in [5, 5.41) is -0.296. The molecule has 30 heavy (non-hydrogen) atoms. The number of thiazole rings is 1. The molecule has 9 heteroatoms. The largest absolute Gasteiger partial charge is 0.419 e. The van der Waals surface area contributed by atoms with Crippen molar-refractivity contribution in [2.24, 2.45) is 0 Å². The number of allylic oxidation sites excluding steroid dienone is 2. The highest BCUT2D eigenvalue weighted by Crippen LogP contribution is 2.36. The van der Waals surface area contributed by atoms with Gasteiger partial charge in [0.1, 0.15) is 5.01 Å². The molecule has 0 spiro atoms. The minimum atomic E-state index is -4.74. The number of hydrogen-bond acceptors (Lipinski definition) is 3. The number of alkyl halides is 6. The monoisotopic (exact) mass is 449 g/mol. The summed E-state index contributed by atoms with van der Waals surface area (Å²) in [4.78, 5) is 16.7.